The molecule has 2 rings (SSSR count). The molecule has 3 unspecified atom stereocenters. The van der Waals surface area contributed by atoms with E-state index >= 15 is 0 Å². The summed E-state index contributed by atoms with van der Waals surface area (Å²) < 4.78 is 0.626. The van der Waals surface area contributed by atoms with Crippen LogP contribution < -0.4 is 0 Å². The highest BCUT2D eigenvalue weighted by molar-refractivity contribution is 8.23. The van der Waals surface area contributed by atoms with Crippen LogP contribution >= 0.6 is 24.0 Å². The van der Waals surface area contributed by atoms with Crippen LogP contribution in [-0.2, 0) is 0 Å². The molecule has 0 radical (unpaired) electrons. The zero-order chi connectivity index (χ0) is 20.0. The molecule has 27 heavy (non-hydrogen) atoms. The van der Waals surface area contributed by atoms with Crippen LogP contribution in [0.1, 0.15) is 22.4 Å². The molecule has 2 aromatic carbocycles. The summed E-state index contributed by atoms with van der Waals surface area (Å²) in [4.78, 5) is 15.9. The maximum Gasteiger partial charge on any atom is 0.248 e. The van der Waals surface area contributed by atoms with Crippen molar-refractivity contribution in [3.63, 3.8) is 0 Å². The van der Waals surface area contributed by atoms with Crippen molar-refractivity contribution in [2.45, 2.75) is 17.3 Å². The normalized spacial score (nSPS) is 14.4. The Morgan fingerprint density at radius 3 is 1.85 bits per heavy atom. The molecule has 0 spiro atoms. The fourth-order valence-electron chi connectivity index (χ4n) is 3.03. The molecular weight excluding hydrogens is 378 g/mol. The van der Waals surface area contributed by atoms with Crippen LogP contribution in [0.3, 0.4) is 0 Å². The van der Waals surface area contributed by atoms with Crippen LogP contribution in [0.25, 0.3) is 0 Å². The van der Waals surface area contributed by atoms with Gasteiger partial charge in [-0.05, 0) is 25.2 Å². The molecule has 3 atom stereocenters. The molecular formula is C20H25N3O2S2. The Morgan fingerprint density at radius 1 is 0.963 bits per heavy atom. The zero-order valence-corrected chi connectivity index (χ0v) is 17.6. The molecule has 0 aliphatic rings. The van der Waals surface area contributed by atoms with E-state index in [1.165, 1.54) is 11.8 Å². The van der Waals surface area contributed by atoms with Gasteiger partial charge < -0.3 is 4.90 Å². The van der Waals surface area contributed by atoms with Crippen LogP contribution in [0, 0.1) is 10.1 Å². The molecule has 0 aliphatic heterocycles. The lowest BCUT2D eigenvalue weighted by Gasteiger charge is -2.32. The Hall–Kier alpha value is -1.96. The van der Waals surface area contributed by atoms with Gasteiger partial charge >= 0.3 is 0 Å². The number of rotatable bonds is 7. The Bertz CT molecular complexity index is 754. The number of nitro groups is 1. The minimum absolute atomic E-state index is 0.166. The standard InChI is InChI=1S/C20H25N3O2S2/c1-21(2)17(15-11-7-5-8-12-15)18(23(24)25)19(27-20(26)22(3)4)16-13-9-6-10-14-16/h5-14,17-19H,1-4H3. The summed E-state index contributed by atoms with van der Waals surface area (Å²) in [5.74, 6) is 0. The van der Waals surface area contributed by atoms with E-state index in [1.54, 1.807) is 0 Å². The molecule has 5 nitrogen and oxygen atoms in total. The van der Waals surface area contributed by atoms with E-state index in [2.05, 4.69) is 0 Å². The summed E-state index contributed by atoms with van der Waals surface area (Å²) in [7, 11) is 7.48. The largest absolute Gasteiger partial charge is 0.364 e. The van der Waals surface area contributed by atoms with Gasteiger partial charge in [-0.15, -0.1) is 0 Å². The Balaban J connectivity index is 2.55. The SMILES string of the molecule is CN(C)C(=S)SC(c1ccccc1)C(C(c1ccccc1)N(C)C)[N+](=O)[O-]. The minimum Gasteiger partial charge on any atom is -0.364 e. The predicted molar refractivity (Wildman–Crippen MR) is 117 cm³/mol. The first-order valence-corrected chi connectivity index (χ1v) is 9.89. The van der Waals surface area contributed by atoms with E-state index in [4.69, 9.17) is 12.2 Å². The summed E-state index contributed by atoms with van der Waals surface area (Å²) in [5, 5.41) is 11.9. The highest BCUT2D eigenvalue weighted by Gasteiger charge is 2.43. The van der Waals surface area contributed by atoms with Crippen molar-refractivity contribution in [3.8, 4) is 0 Å². The van der Waals surface area contributed by atoms with Gasteiger partial charge in [0.1, 0.15) is 15.6 Å². The van der Waals surface area contributed by atoms with E-state index in [-0.39, 0.29) is 11.0 Å². The fraction of sp³-hybridized carbons (Fsp3) is 0.350. The molecule has 0 amide bonds. The second-order valence-corrected chi connectivity index (χ2v) is 8.48. The molecule has 0 N–H and O–H groups in total. The van der Waals surface area contributed by atoms with Gasteiger partial charge in [-0.2, -0.15) is 0 Å². The number of nitrogens with zero attached hydrogens (tertiary/aromatic N) is 3. The molecule has 0 aliphatic carbocycles. The second-order valence-electron chi connectivity index (χ2n) is 6.70. The Kier molecular flexibility index (Phi) is 7.77. The van der Waals surface area contributed by atoms with Crippen LogP contribution in [0.2, 0.25) is 0 Å². The first kappa shape index (κ1) is 21.3. The number of benzene rings is 2. The lowest BCUT2D eigenvalue weighted by Crippen LogP contribution is -2.40. The molecule has 144 valence electrons. The summed E-state index contributed by atoms with van der Waals surface area (Å²) in [6.45, 7) is 0. The maximum atomic E-state index is 12.3. The van der Waals surface area contributed by atoms with E-state index < -0.39 is 11.3 Å². The van der Waals surface area contributed by atoms with Crippen molar-refractivity contribution in [2.75, 3.05) is 28.2 Å². The number of thioether (sulfide) groups is 1. The van der Waals surface area contributed by atoms with Crippen molar-refractivity contribution in [2.24, 2.45) is 0 Å². The topological polar surface area (TPSA) is 49.6 Å². The average molecular weight is 404 g/mol. The van der Waals surface area contributed by atoms with Crippen LogP contribution in [0.4, 0.5) is 0 Å². The van der Waals surface area contributed by atoms with Gasteiger partial charge in [0, 0.05) is 19.0 Å². The third kappa shape index (κ3) is 5.51. The maximum absolute atomic E-state index is 12.3. The van der Waals surface area contributed by atoms with Crippen molar-refractivity contribution in [3.05, 3.63) is 81.9 Å². The summed E-state index contributed by atoms with van der Waals surface area (Å²) in [5.41, 5.74) is 1.82. The summed E-state index contributed by atoms with van der Waals surface area (Å²) in [6, 6.07) is 18.0. The lowest BCUT2D eigenvalue weighted by molar-refractivity contribution is -0.531. The smallest absolute Gasteiger partial charge is 0.248 e. The monoisotopic (exact) mass is 403 g/mol. The van der Waals surface area contributed by atoms with Gasteiger partial charge in [-0.3, -0.25) is 15.0 Å². The molecule has 0 bridgehead atoms. The zero-order valence-electron chi connectivity index (χ0n) is 16.0. The third-order valence-corrected chi connectivity index (χ3v) is 6.32. The highest BCUT2D eigenvalue weighted by Crippen LogP contribution is 2.41. The third-order valence-electron chi connectivity index (χ3n) is 4.30. The van der Waals surface area contributed by atoms with Crippen molar-refractivity contribution < 1.29 is 4.92 Å². The molecule has 0 heterocycles. The van der Waals surface area contributed by atoms with Crippen molar-refractivity contribution in [1.29, 1.82) is 0 Å². The van der Waals surface area contributed by atoms with Gasteiger partial charge in [-0.25, -0.2) is 0 Å². The van der Waals surface area contributed by atoms with Gasteiger partial charge in [0.05, 0.1) is 0 Å². The van der Waals surface area contributed by atoms with Crippen LogP contribution in [0.5, 0.6) is 0 Å². The number of hydrogen-bond donors (Lipinski definition) is 0. The number of hydrogen-bond acceptors (Lipinski definition) is 5. The van der Waals surface area contributed by atoms with Gasteiger partial charge in [-0.1, -0.05) is 84.6 Å². The Labute approximate surface area is 170 Å². The molecule has 0 fully saturated rings. The minimum atomic E-state index is -0.868. The second kappa shape index (κ2) is 9.82. The number of thiocarbonyl (C=S) groups is 1. The van der Waals surface area contributed by atoms with Crippen molar-refractivity contribution >= 4 is 28.3 Å². The Morgan fingerprint density at radius 2 is 1.44 bits per heavy atom. The van der Waals surface area contributed by atoms with Gasteiger partial charge in [0.2, 0.25) is 6.04 Å². The number of likely N-dealkylation sites (N-methyl/N-ethyl adjacent to an activating group) is 1. The van der Waals surface area contributed by atoms with Crippen LogP contribution in [0.15, 0.2) is 60.7 Å². The molecule has 7 heteroatoms. The van der Waals surface area contributed by atoms with E-state index in [1.807, 2.05) is 98.7 Å². The molecule has 0 saturated carbocycles. The first-order chi connectivity index (χ1) is 12.8. The molecule has 2 aromatic rings. The van der Waals surface area contributed by atoms with E-state index in [0.717, 1.165) is 11.1 Å². The first-order valence-electron chi connectivity index (χ1n) is 8.60. The van der Waals surface area contributed by atoms with Gasteiger partial charge in [0.25, 0.3) is 0 Å². The summed E-state index contributed by atoms with van der Waals surface area (Å²) >= 11 is 6.85. The van der Waals surface area contributed by atoms with E-state index in [9.17, 15) is 10.1 Å². The van der Waals surface area contributed by atoms with Gasteiger partial charge in [0.15, 0.2) is 0 Å². The predicted octanol–water partition coefficient (Wildman–Crippen LogP) is 4.26. The average Bonchev–Trinajstić information content (AvgIpc) is 2.65. The quantitative estimate of drug-likeness (QED) is 0.391. The molecule has 0 saturated heterocycles. The highest BCUT2D eigenvalue weighted by atomic mass is 32.2. The van der Waals surface area contributed by atoms with Crippen LogP contribution in [-0.4, -0.2) is 53.3 Å². The summed E-state index contributed by atoms with van der Waals surface area (Å²) in [6.07, 6.45) is 0. The fourth-order valence-corrected chi connectivity index (χ4v) is 4.45. The lowest BCUT2D eigenvalue weighted by atomic mass is 9.93. The van der Waals surface area contributed by atoms with Crippen molar-refractivity contribution in [1.82, 2.24) is 9.80 Å². The van der Waals surface area contributed by atoms with E-state index in [0.29, 0.717) is 4.32 Å². The molecule has 0 aromatic heterocycles.